The van der Waals surface area contributed by atoms with Crippen LogP contribution in [0.15, 0.2) is 30.3 Å². The zero-order valence-corrected chi connectivity index (χ0v) is 28.6. The van der Waals surface area contributed by atoms with Gasteiger partial charge >= 0.3 is 0 Å². The molecule has 0 unspecified atom stereocenters. The largest absolute Gasteiger partial charge is 0.368 e. The van der Waals surface area contributed by atoms with Crippen LogP contribution in [0.2, 0.25) is 0 Å². The minimum atomic E-state index is -1.04. The molecule has 1 fully saturated rings. The summed E-state index contributed by atoms with van der Waals surface area (Å²) in [5, 5.41) is 11.3. The smallest absolute Gasteiger partial charge is 0.243 e. The number of carbonyl (C=O) groups excluding carboxylic acids is 5. The quantitative estimate of drug-likeness (QED) is 0.143. The number of amides is 5. The number of hydrogen-bond acceptors (Lipinski definition) is 6. The van der Waals surface area contributed by atoms with E-state index in [1.807, 2.05) is 58.0 Å². The van der Waals surface area contributed by atoms with Gasteiger partial charge in [0, 0.05) is 6.42 Å². The normalized spacial score (nSPS) is 17.1. The number of carbonyl (C=O) groups is 5. The summed E-state index contributed by atoms with van der Waals surface area (Å²) in [7, 11) is 0. The van der Waals surface area contributed by atoms with E-state index in [0.29, 0.717) is 19.3 Å². The second kappa shape index (κ2) is 19.3. The van der Waals surface area contributed by atoms with Crippen LogP contribution in [0.4, 0.5) is 0 Å². The van der Waals surface area contributed by atoms with Gasteiger partial charge in [-0.15, -0.1) is 0 Å². The maximum absolute atomic E-state index is 13.9. The van der Waals surface area contributed by atoms with E-state index in [1.165, 1.54) is 0 Å². The van der Waals surface area contributed by atoms with Crippen molar-refractivity contribution in [2.45, 2.75) is 130 Å². The first-order valence-electron chi connectivity index (χ1n) is 17.0. The standard InChI is InChI=1S/C35H58N6O5/c1-21(2)17-26(36)32(43)39-28(19-24-13-9-7-10-14-24)33(44)40-29(20-25-15-11-8-12-16-25)34(45)41-30(23(5)6)35(46)38-27(31(37)42)18-22(3)4/h8,11-12,15-16,21-24,26-30H,7,9-10,13-14,17-20,36H2,1-6H3,(H2,37,42)(H,38,46)(H,39,43)(H,40,44)(H,41,45)/t26-,27-,28-,29-,30-/m1/s1. The molecular weight excluding hydrogens is 584 g/mol. The van der Waals surface area contributed by atoms with Crippen LogP contribution in [0.3, 0.4) is 0 Å². The Hall–Kier alpha value is -3.47. The first-order chi connectivity index (χ1) is 21.7. The molecule has 258 valence electrons. The predicted molar refractivity (Wildman–Crippen MR) is 180 cm³/mol. The van der Waals surface area contributed by atoms with Crippen molar-refractivity contribution >= 4 is 29.5 Å². The van der Waals surface area contributed by atoms with Gasteiger partial charge in [0.05, 0.1) is 6.04 Å². The summed E-state index contributed by atoms with van der Waals surface area (Å²) < 4.78 is 0. The minimum Gasteiger partial charge on any atom is -0.368 e. The van der Waals surface area contributed by atoms with Gasteiger partial charge in [-0.2, -0.15) is 0 Å². The lowest BCUT2D eigenvalue weighted by Crippen LogP contribution is -2.60. The Kier molecular flexibility index (Phi) is 16.2. The molecule has 5 atom stereocenters. The van der Waals surface area contributed by atoms with Crippen molar-refractivity contribution in [1.82, 2.24) is 21.3 Å². The molecule has 0 radical (unpaired) electrons. The molecule has 5 amide bonds. The third kappa shape index (κ3) is 13.5. The van der Waals surface area contributed by atoms with Crippen molar-refractivity contribution in [2.24, 2.45) is 35.1 Å². The molecule has 0 saturated heterocycles. The second-order valence-corrected chi connectivity index (χ2v) is 14.1. The first-order valence-corrected chi connectivity index (χ1v) is 17.0. The Bertz CT molecular complexity index is 1140. The lowest BCUT2D eigenvalue weighted by molar-refractivity contribution is -0.135. The van der Waals surface area contributed by atoms with Crippen LogP contribution in [0.5, 0.6) is 0 Å². The Morgan fingerprint density at radius 2 is 1.24 bits per heavy atom. The predicted octanol–water partition coefficient (Wildman–Crippen LogP) is 2.70. The maximum Gasteiger partial charge on any atom is 0.243 e. The Morgan fingerprint density at radius 3 is 1.78 bits per heavy atom. The summed E-state index contributed by atoms with van der Waals surface area (Å²) >= 11 is 0. The van der Waals surface area contributed by atoms with Crippen molar-refractivity contribution in [3.63, 3.8) is 0 Å². The van der Waals surface area contributed by atoms with E-state index in [9.17, 15) is 24.0 Å². The molecule has 11 nitrogen and oxygen atoms in total. The Balaban J connectivity index is 2.31. The fraction of sp³-hybridized carbons (Fsp3) is 0.686. The number of nitrogens with one attached hydrogen (secondary N) is 4. The zero-order chi connectivity index (χ0) is 34.4. The average molecular weight is 643 g/mol. The fourth-order valence-corrected chi connectivity index (χ4v) is 5.98. The molecule has 0 aliphatic heterocycles. The first kappa shape index (κ1) is 38.7. The lowest BCUT2D eigenvalue weighted by atomic mass is 9.84. The highest BCUT2D eigenvalue weighted by atomic mass is 16.2. The van der Waals surface area contributed by atoms with Gasteiger partial charge in [-0.1, -0.05) is 104 Å². The maximum atomic E-state index is 13.9. The molecule has 0 aromatic heterocycles. The van der Waals surface area contributed by atoms with Crippen LogP contribution >= 0.6 is 0 Å². The average Bonchev–Trinajstić information content (AvgIpc) is 2.98. The minimum absolute atomic E-state index is 0.109. The Labute approximate surface area is 275 Å². The highest BCUT2D eigenvalue weighted by molar-refractivity contribution is 5.96. The summed E-state index contributed by atoms with van der Waals surface area (Å²) in [5.41, 5.74) is 12.5. The van der Waals surface area contributed by atoms with Crippen LogP contribution in [-0.2, 0) is 30.4 Å². The van der Waals surface area contributed by atoms with Crippen LogP contribution < -0.4 is 32.7 Å². The van der Waals surface area contributed by atoms with Crippen molar-refractivity contribution in [2.75, 3.05) is 0 Å². The van der Waals surface area contributed by atoms with E-state index < -0.39 is 59.7 Å². The van der Waals surface area contributed by atoms with Gasteiger partial charge in [0.2, 0.25) is 29.5 Å². The van der Waals surface area contributed by atoms with Gasteiger partial charge in [-0.05, 0) is 48.5 Å². The van der Waals surface area contributed by atoms with Crippen LogP contribution in [0.25, 0.3) is 0 Å². The number of primary amides is 1. The molecule has 2 rings (SSSR count). The molecule has 46 heavy (non-hydrogen) atoms. The summed E-state index contributed by atoms with van der Waals surface area (Å²) in [4.78, 5) is 66.2. The van der Waals surface area contributed by atoms with Crippen LogP contribution in [-0.4, -0.2) is 59.7 Å². The summed E-state index contributed by atoms with van der Waals surface area (Å²) in [6.45, 7) is 11.4. The van der Waals surface area contributed by atoms with Crippen LogP contribution in [0.1, 0.15) is 98.5 Å². The monoisotopic (exact) mass is 642 g/mol. The fourth-order valence-electron chi connectivity index (χ4n) is 5.98. The SMILES string of the molecule is CC(C)C[C@@H](N)C(=O)N[C@H](CC1CCCCC1)C(=O)N[C@H](Cc1ccccc1)C(=O)N[C@@H](C(=O)N[C@H](CC(C)C)C(N)=O)C(C)C. The van der Waals surface area contributed by atoms with E-state index in [4.69, 9.17) is 11.5 Å². The van der Waals surface area contributed by atoms with Gasteiger partial charge in [0.15, 0.2) is 0 Å². The second-order valence-electron chi connectivity index (χ2n) is 14.1. The molecule has 1 aromatic carbocycles. The van der Waals surface area contributed by atoms with E-state index in [1.54, 1.807) is 13.8 Å². The molecule has 1 aliphatic carbocycles. The summed E-state index contributed by atoms with van der Waals surface area (Å²) in [6.07, 6.45) is 6.71. The molecule has 0 bridgehead atoms. The number of hydrogen-bond donors (Lipinski definition) is 6. The molecule has 11 heteroatoms. The Morgan fingerprint density at radius 1 is 0.696 bits per heavy atom. The highest BCUT2D eigenvalue weighted by Gasteiger charge is 2.34. The van der Waals surface area contributed by atoms with E-state index in [-0.39, 0.29) is 30.1 Å². The summed E-state index contributed by atoms with van der Waals surface area (Å²) in [5.74, 6) is -2.33. The molecule has 0 spiro atoms. The third-order valence-electron chi connectivity index (χ3n) is 8.52. The van der Waals surface area contributed by atoms with Crippen molar-refractivity contribution < 1.29 is 24.0 Å². The van der Waals surface area contributed by atoms with E-state index in [2.05, 4.69) is 21.3 Å². The van der Waals surface area contributed by atoms with Crippen LogP contribution in [0, 0.1) is 23.7 Å². The number of rotatable bonds is 18. The van der Waals surface area contributed by atoms with Gasteiger partial charge in [-0.3, -0.25) is 24.0 Å². The van der Waals surface area contributed by atoms with Crippen molar-refractivity contribution in [1.29, 1.82) is 0 Å². The van der Waals surface area contributed by atoms with Gasteiger partial charge in [-0.25, -0.2) is 0 Å². The van der Waals surface area contributed by atoms with Crippen molar-refractivity contribution in [3.8, 4) is 0 Å². The van der Waals surface area contributed by atoms with Gasteiger partial charge in [0.1, 0.15) is 24.2 Å². The van der Waals surface area contributed by atoms with Crippen molar-refractivity contribution in [3.05, 3.63) is 35.9 Å². The van der Waals surface area contributed by atoms with Gasteiger partial charge < -0.3 is 32.7 Å². The molecule has 8 N–H and O–H groups in total. The molecule has 1 aliphatic rings. The van der Waals surface area contributed by atoms with E-state index in [0.717, 1.165) is 37.7 Å². The molecule has 1 saturated carbocycles. The molecule has 0 heterocycles. The topological polar surface area (TPSA) is 186 Å². The third-order valence-corrected chi connectivity index (χ3v) is 8.52. The summed E-state index contributed by atoms with van der Waals surface area (Å²) in [6, 6.07) is 4.74. The highest BCUT2D eigenvalue weighted by Crippen LogP contribution is 2.27. The van der Waals surface area contributed by atoms with Gasteiger partial charge in [0.25, 0.3) is 0 Å². The number of nitrogens with two attached hydrogens (primary N) is 2. The lowest BCUT2D eigenvalue weighted by Gasteiger charge is -2.30. The van der Waals surface area contributed by atoms with E-state index >= 15 is 0 Å². The molecular formula is C35H58N6O5. The zero-order valence-electron chi connectivity index (χ0n) is 28.6. The number of benzene rings is 1. The molecule has 1 aromatic rings.